The minimum Gasteiger partial charge on any atom is -0.491 e. The second-order valence-electron chi connectivity index (χ2n) is 10.2. The third-order valence-electron chi connectivity index (χ3n) is 7.30. The summed E-state index contributed by atoms with van der Waals surface area (Å²) in [7, 11) is 0. The van der Waals surface area contributed by atoms with E-state index in [-0.39, 0.29) is 17.9 Å². The minimum absolute atomic E-state index is 0.174. The van der Waals surface area contributed by atoms with Gasteiger partial charge < -0.3 is 31.2 Å². The van der Waals surface area contributed by atoms with Crippen LogP contribution in [0, 0.1) is 5.82 Å². The van der Waals surface area contributed by atoms with Gasteiger partial charge in [0.25, 0.3) is 5.91 Å². The summed E-state index contributed by atoms with van der Waals surface area (Å²) < 4.78 is 21.7. The lowest BCUT2D eigenvalue weighted by atomic mass is 9.94. The monoisotopic (exact) mass is 596 g/mol. The Balaban J connectivity index is 1.54. The smallest absolute Gasteiger partial charge is 0.322 e. The fourth-order valence-corrected chi connectivity index (χ4v) is 5.10. The Hall–Kier alpha value is -5.45. The first-order valence-corrected chi connectivity index (χ1v) is 14.3. The lowest BCUT2D eigenvalue weighted by molar-refractivity contribution is -0.135. The molecule has 3 aromatic carbocycles. The Morgan fingerprint density at radius 1 is 1.09 bits per heavy atom. The highest BCUT2D eigenvalue weighted by molar-refractivity contribution is 6.01. The standard InChI is InChI=1S/C33H33FN6O4/c1-3-19-13-25(30(34)28(14-19)44-4-2)26(16-37-21-9-10-22-20(15-21)11-12-36-31(22)35)32-38-17-27(40-32)23-7-5-6-8-24(23)33(43)39-18-29(41)42/h5-15,17,26,37H,3-4,16,18H2,1-2H3,(H2,35,36)(H,38,40)(H,39,43)(H,41,42). The maximum Gasteiger partial charge on any atom is 0.322 e. The van der Waals surface area contributed by atoms with E-state index in [1.165, 1.54) is 0 Å². The molecule has 11 heteroatoms. The molecule has 1 amide bonds. The fourth-order valence-electron chi connectivity index (χ4n) is 5.10. The molecule has 10 nitrogen and oxygen atoms in total. The molecule has 1 unspecified atom stereocenters. The number of fused-ring (bicyclic) bond motifs is 1. The maximum atomic E-state index is 16.0. The van der Waals surface area contributed by atoms with E-state index < -0.39 is 30.2 Å². The number of halogens is 1. The number of nitrogens with one attached hydrogen (secondary N) is 3. The maximum absolute atomic E-state index is 16.0. The normalized spacial score (nSPS) is 11.7. The van der Waals surface area contributed by atoms with E-state index in [9.17, 15) is 9.59 Å². The van der Waals surface area contributed by atoms with Gasteiger partial charge in [0.05, 0.1) is 24.4 Å². The molecule has 5 aromatic rings. The van der Waals surface area contributed by atoms with Crippen LogP contribution in [0.1, 0.15) is 47.1 Å². The number of rotatable bonds is 12. The van der Waals surface area contributed by atoms with Crippen molar-refractivity contribution >= 4 is 34.2 Å². The molecule has 0 aliphatic rings. The molecule has 2 aromatic heterocycles. The largest absolute Gasteiger partial charge is 0.491 e. The van der Waals surface area contributed by atoms with Gasteiger partial charge in [-0.3, -0.25) is 9.59 Å². The molecule has 0 spiro atoms. The molecule has 0 aliphatic carbocycles. The van der Waals surface area contributed by atoms with Gasteiger partial charge in [-0.1, -0.05) is 31.2 Å². The summed E-state index contributed by atoms with van der Waals surface area (Å²) in [6.45, 7) is 3.87. The number of aromatic amines is 1. The molecular formula is C33H33FN6O4. The van der Waals surface area contributed by atoms with Crippen LogP contribution in [0.5, 0.6) is 5.75 Å². The highest BCUT2D eigenvalue weighted by Gasteiger charge is 2.25. The molecule has 0 fully saturated rings. The van der Waals surface area contributed by atoms with Crippen molar-refractivity contribution in [3.63, 3.8) is 0 Å². The quantitative estimate of drug-likeness (QED) is 0.129. The van der Waals surface area contributed by atoms with Crippen LogP contribution in [0.2, 0.25) is 0 Å². The number of hydrogen-bond donors (Lipinski definition) is 5. The second-order valence-corrected chi connectivity index (χ2v) is 10.2. The topological polar surface area (TPSA) is 155 Å². The summed E-state index contributed by atoms with van der Waals surface area (Å²) in [5.74, 6) is -1.66. The highest BCUT2D eigenvalue weighted by Crippen LogP contribution is 2.34. The first kappa shape index (κ1) is 30.0. The van der Waals surface area contributed by atoms with Crippen molar-refractivity contribution in [1.29, 1.82) is 0 Å². The summed E-state index contributed by atoms with van der Waals surface area (Å²) in [5.41, 5.74) is 9.48. The third kappa shape index (κ3) is 6.46. The van der Waals surface area contributed by atoms with Gasteiger partial charge in [0.2, 0.25) is 0 Å². The molecule has 0 saturated heterocycles. The van der Waals surface area contributed by atoms with Crippen LogP contribution < -0.4 is 21.1 Å². The van der Waals surface area contributed by atoms with E-state index in [1.807, 2.05) is 44.2 Å². The van der Waals surface area contributed by atoms with E-state index in [4.69, 9.17) is 15.6 Å². The van der Waals surface area contributed by atoms with Gasteiger partial charge >= 0.3 is 5.97 Å². The van der Waals surface area contributed by atoms with Crippen LogP contribution in [-0.2, 0) is 11.2 Å². The van der Waals surface area contributed by atoms with E-state index in [2.05, 4.69) is 25.6 Å². The van der Waals surface area contributed by atoms with Crippen LogP contribution in [0.3, 0.4) is 0 Å². The van der Waals surface area contributed by atoms with Crippen molar-refractivity contribution in [2.45, 2.75) is 26.2 Å². The number of nitrogens with two attached hydrogens (primary N) is 1. The van der Waals surface area contributed by atoms with E-state index in [1.54, 1.807) is 42.7 Å². The predicted molar refractivity (Wildman–Crippen MR) is 167 cm³/mol. The molecule has 226 valence electrons. The van der Waals surface area contributed by atoms with Crippen molar-refractivity contribution in [1.82, 2.24) is 20.3 Å². The van der Waals surface area contributed by atoms with Crippen LogP contribution in [0.25, 0.3) is 22.0 Å². The number of H-pyrrole nitrogens is 1. The molecular weight excluding hydrogens is 563 g/mol. The van der Waals surface area contributed by atoms with Crippen LogP contribution in [0.4, 0.5) is 15.9 Å². The number of nitrogens with zero attached hydrogens (tertiary/aromatic N) is 2. The van der Waals surface area contributed by atoms with Gasteiger partial charge in [0.15, 0.2) is 11.6 Å². The number of aliphatic carboxylic acids is 1. The summed E-state index contributed by atoms with van der Waals surface area (Å²) in [6.07, 6.45) is 3.91. The number of ether oxygens (including phenoxy) is 1. The molecule has 6 N–H and O–H groups in total. The average Bonchev–Trinajstić information content (AvgIpc) is 3.51. The zero-order valence-electron chi connectivity index (χ0n) is 24.4. The third-order valence-corrected chi connectivity index (χ3v) is 7.30. The number of amides is 1. The van der Waals surface area contributed by atoms with E-state index in [0.717, 1.165) is 22.0 Å². The zero-order valence-corrected chi connectivity index (χ0v) is 24.4. The van der Waals surface area contributed by atoms with Crippen molar-refractivity contribution in [2.75, 3.05) is 30.7 Å². The number of hydrogen-bond acceptors (Lipinski definition) is 7. The number of aromatic nitrogens is 3. The highest BCUT2D eigenvalue weighted by atomic mass is 19.1. The van der Waals surface area contributed by atoms with Gasteiger partial charge in [-0.25, -0.2) is 14.4 Å². The Bertz CT molecular complexity index is 1820. The summed E-state index contributed by atoms with van der Waals surface area (Å²) >= 11 is 0. The predicted octanol–water partition coefficient (Wildman–Crippen LogP) is 5.37. The van der Waals surface area contributed by atoms with Crippen molar-refractivity contribution in [3.05, 3.63) is 101 Å². The fraction of sp³-hybridized carbons (Fsp3) is 0.212. The number of nitrogen functional groups attached to an aromatic ring is 1. The summed E-state index contributed by atoms with van der Waals surface area (Å²) in [5, 5.41) is 16.6. The van der Waals surface area contributed by atoms with Crippen molar-refractivity contribution < 1.29 is 23.8 Å². The number of anilines is 2. The molecule has 5 rings (SSSR count). The molecule has 0 bridgehead atoms. The number of pyridine rings is 1. The second kappa shape index (κ2) is 13.2. The number of carboxylic acid groups (broad SMARTS) is 1. The molecule has 2 heterocycles. The lowest BCUT2D eigenvalue weighted by Crippen LogP contribution is -2.29. The number of carbonyl (C=O) groups is 2. The number of imidazole rings is 1. The van der Waals surface area contributed by atoms with Crippen LogP contribution in [-0.4, -0.2) is 51.6 Å². The molecule has 1 atom stereocenters. The number of carbonyl (C=O) groups excluding carboxylic acids is 1. The Morgan fingerprint density at radius 2 is 1.91 bits per heavy atom. The van der Waals surface area contributed by atoms with E-state index >= 15 is 4.39 Å². The van der Waals surface area contributed by atoms with E-state index in [0.29, 0.717) is 41.5 Å². The van der Waals surface area contributed by atoms with Gasteiger partial charge in [0.1, 0.15) is 18.2 Å². The first-order chi connectivity index (χ1) is 21.3. The summed E-state index contributed by atoms with van der Waals surface area (Å²) in [4.78, 5) is 35.9. The Kier molecular flexibility index (Phi) is 9.03. The van der Waals surface area contributed by atoms with Gasteiger partial charge in [-0.05, 0) is 60.7 Å². The van der Waals surface area contributed by atoms with Crippen LogP contribution in [0.15, 0.2) is 73.1 Å². The molecule has 0 saturated carbocycles. The molecule has 0 radical (unpaired) electrons. The van der Waals surface area contributed by atoms with Crippen molar-refractivity contribution in [3.8, 4) is 17.0 Å². The molecule has 0 aliphatic heterocycles. The Labute approximate surface area is 253 Å². The Morgan fingerprint density at radius 3 is 2.68 bits per heavy atom. The number of aryl methyl sites for hydroxylation is 1. The minimum atomic E-state index is -1.15. The SMILES string of the molecule is CCOc1cc(CC)cc(C(CNc2ccc3c(N)nccc3c2)c2ncc(-c3ccccc3C(=O)NCC(=O)O)[nH]2)c1F. The van der Waals surface area contributed by atoms with Gasteiger partial charge in [-0.2, -0.15) is 0 Å². The number of carboxylic acids is 1. The molecule has 44 heavy (non-hydrogen) atoms. The zero-order chi connectivity index (χ0) is 31.2. The van der Waals surface area contributed by atoms with Crippen molar-refractivity contribution in [2.24, 2.45) is 0 Å². The first-order valence-electron chi connectivity index (χ1n) is 14.3. The average molecular weight is 597 g/mol. The van der Waals surface area contributed by atoms with Crippen LogP contribution >= 0.6 is 0 Å². The number of benzene rings is 3. The lowest BCUT2D eigenvalue weighted by Gasteiger charge is -2.20. The summed E-state index contributed by atoms with van der Waals surface area (Å²) in [6, 6.07) is 17.9. The van der Waals surface area contributed by atoms with Gasteiger partial charge in [-0.15, -0.1) is 0 Å². The van der Waals surface area contributed by atoms with Gasteiger partial charge in [0, 0.05) is 40.5 Å².